The van der Waals surface area contributed by atoms with Gasteiger partial charge in [-0.1, -0.05) is 0 Å². The van der Waals surface area contributed by atoms with Crippen LogP contribution in [0.1, 0.15) is 6.42 Å². The van der Waals surface area contributed by atoms with Gasteiger partial charge in [-0.15, -0.1) is 11.3 Å². The molecule has 0 saturated carbocycles. The fraction of sp³-hybridized carbons (Fsp3) is 0.600. The zero-order valence-electron chi connectivity index (χ0n) is 9.18. The molecule has 1 saturated heterocycles. The maximum Gasteiger partial charge on any atom is 0.249 e. The summed E-state index contributed by atoms with van der Waals surface area (Å²) in [5.41, 5.74) is 0. The van der Waals surface area contributed by atoms with Crippen molar-refractivity contribution in [1.82, 2.24) is 9.88 Å². The van der Waals surface area contributed by atoms with Crippen molar-refractivity contribution < 1.29 is 9.53 Å². The Kier molecular flexibility index (Phi) is 3.87. The summed E-state index contributed by atoms with van der Waals surface area (Å²) < 4.78 is 7.12. The summed E-state index contributed by atoms with van der Waals surface area (Å²) in [6, 6.07) is 0.107. The Balaban J connectivity index is 1.96. The van der Waals surface area contributed by atoms with Crippen LogP contribution < -0.4 is 10.1 Å². The number of aryl methyl sites for hydroxylation is 1. The Bertz CT molecular complexity index is 418. The monoisotopic (exact) mass is 241 g/mol. The van der Waals surface area contributed by atoms with Crippen molar-refractivity contribution >= 4 is 17.2 Å². The Morgan fingerprint density at radius 3 is 3.31 bits per heavy atom. The molecule has 1 amide bonds. The predicted octanol–water partition coefficient (Wildman–Crippen LogP) is -0.108. The van der Waals surface area contributed by atoms with Crippen molar-refractivity contribution in [3.8, 4) is 0 Å². The number of morpholine rings is 1. The molecule has 1 aromatic heterocycles. The summed E-state index contributed by atoms with van der Waals surface area (Å²) >= 11 is 1.46. The molecule has 0 spiro atoms. The van der Waals surface area contributed by atoms with Crippen molar-refractivity contribution in [2.45, 2.75) is 12.5 Å². The molecule has 1 N–H and O–H groups in total. The summed E-state index contributed by atoms with van der Waals surface area (Å²) in [4.78, 5) is 16.5. The largest absolute Gasteiger partial charge is 0.378 e. The number of hydrogen-bond donors (Lipinski definition) is 1. The highest BCUT2D eigenvalue weighted by Crippen LogP contribution is 1.99. The number of hydrogen-bond acceptors (Lipinski definition) is 4. The molecule has 1 aliphatic heterocycles. The van der Waals surface area contributed by atoms with Crippen LogP contribution in [0.2, 0.25) is 0 Å². The second-order valence-electron chi connectivity index (χ2n) is 3.73. The van der Waals surface area contributed by atoms with Gasteiger partial charge in [0.1, 0.15) is 0 Å². The van der Waals surface area contributed by atoms with Gasteiger partial charge < -0.3 is 14.6 Å². The third-order valence-corrected chi connectivity index (χ3v) is 3.25. The Hall–Kier alpha value is -0.980. The van der Waals surface area contributed by atoms with Gasteiger partial charge in [-0.2, -0.15) is 4.99 Å². The highest BCUT2D eigenvalue weighted by molar-refractivity contribution is 7.07. The van der Waals surface area contributed by atoms with Gasteiger partial charge in [-0.05, 0) is 0 Å². The normalized spacial score (nSPS) is 22.3. The number of nitrogens with zero attached hydrogens (tertiary/aromatic N) is 2. The number of ether oxygens (including phenoxy) is 1. The zero-order chi connectivity index (χ0) is 11.4. The molecule has 16 heavy (non-hydrogen) atoms. The van der Waals surface area contributed by atoms with Crippen molar-refractivity contribution in [3.05, 3.63) is 16.4 Å². The zero-order valence-corrected chi connectivity index (χ0v) is 10.00. The lowest BCUT2D eigenvalue weighted by Gasteiger charge is -2.22. The van der Waals surface area contributed by atoms with E-state index in [2.05, 4.69) is 10.3 Å². The second-order valence-corrected chi connectivity index (χ2v) is 4.61. The first-order chi connectivity index (χ1) is 7.75. The van der Waals surface area contributed by atoms with E-state index in [0.29, 0.717) is 13.0 Å². The number of rotatable bonds is 2. The van der Waals surface area contributed by atoms with Gasteiger partial charge in [0.2, 0.25) is 5.91 Å². The van der Waals surface area contributed by atoms with Gasteiger partial charge in [0.05, 0.1) is 13.2 Å². The highest BCUT2D eigenvalue weighted by atomic mass is 32.1. The molecule has 5 nitrogen and oxygen atoms in total. The van der Waals surface area contributed by atoms with Gasteiger partial charge in [-0.25, -0.2) is 0 Å². The van der Waals surface area contributed by atoms with E-state index in [9.17, 15) is 4.79 Å². The molecule has 1 fully saturated rings. The highest BCUT2D eigenvalue weighted by Gasteiger charge is 2.16. The van der Waals surface area contributed by atoms with Crippen molar-refractivity contribution in [2.24, 2.45) is 12.0 Å². The van der Waals surface area contributed by atoms with Crippen LogP contribution in [0.15, 0.2) is 16.6 Å². The van der Waals surface area contributed by atoms with Gasteiger partial charge in [0.25, 0.3) is 0 Å². The smallest absolute Gasteiger partial charge is 0.249 e. The summed E-state index contributed by atoms with van der Waals surface area (Å²) in [5.74, 6) is -0.0962. The molecule has 1 unspecified atom stereocenters. The van der Waals surface area contributed by atoms with Crippen LogP contribution in [0.5, 0.6) is 0 Å². The molecule has 1 aliphatic rings. The second kappa shape index (κ2) is 5.38. The minimum atomic E-state index is -0.0962. The minimum absolute atomic E-state index is 0.0962. The number of amides is 1. The van der Waals surface area contributed by atoms with E-state index in [4.69, 9.17) is 4.74 Å². The third-order valence-electron chi connectivity index (χ3n) is 2.40. The number of thiazole rings is 1. The van der Waals surface area contributed by atoms with Crippen molar-refractivity contribution in [2.75, 3.05) is 19.8 Å². The van der Waals surface area contributed by atoms with Crippen molar-refractivity contribution in [1.29, 1.82) is 0 Å². The number of carbonyl (C=O) groups excluding carboxylic acids is 1. The van der Waals surface area contributed by atoms with Crippen LogP contribution in [-0.2, 0) is 16.6 Å². The van der Waals surface area contributed by atoms with Crippen molar-refractivity contribution in [3.63, 3.8) is 0 Å². The standard InChI is InChI=1S/C10H15N3O2S/c1-13-3-5-16-10(13)12-9(14)6-8-7-15-4-2-11-8/h3,5,8,11H,2,4,6-7H2,1H3. The fourth-order valence-corrected chi connectivity index (χ4v) is 2.30. The SMILES string of the molecule is Cn1ccsc1=NC(=O)CC1COCCN1. The molecular weight excluding hydrogens is 226 g/mol. The predicted molar refractivity (Wildman–Crippen MR) is 61.1 cm³/mol. The molecule has 88 valence electrons. The lowest BCUT2D eigenvalue weighted by atomic mass is 10.2. The third kappa shape index (κ3) is 3.01. The van der Waals surface area contributed by atoms with E-state index in [0.717, 1.165) is 18.0 Å². The Morgan fingerprint density at radius 1 is 1.81 bits per heavy atom. The summed E-state index contributed by atoms with van der Waals surface area (Å²) in [5, 5.41) is 5.15. The first-order valence-electron chi connectivity index (χ1n) is 5.24. The maximum absolute atomic E-state index is 11.7. The number of aromatic nitrogens is 1. The molecule has 0 bridgehead atoms. The van der Waals surface area contributed by atoms with Gasteiger partial charge in [-0.3, -0.25) is 4.79 Å². The van der Waals surface area contributed by atoms with E-state index in [1.54, 1.807) is 0 Å². The fourth-order valence-electron chi connectivity index (χ4n) is 1.55. The summed E-state index contributed by atoms with van der Waals surface area (Å²) in [6.45, 7) is 2.13. The van der Waals surface area contributed by atoms with Crippen LogP contribution in [0.25, 0.3) is 0 Å². The summed E-state index contributed by atoms with van der Waals surface area (Å²) in [6.07, 6.45) is 2.29. The first kappa shape index (κ1) is 11.5. The van der Waals surface area contributed by atoms with E-state index in [1.807, 2.05) is 23.2 Å². The number of nitrogens with one attached hydrogen (secondary N) is 1. The quantitative estimate of drug-likeness (QED) is 0.786. The van der Waals surface area contributed by atoms with Crippen LogP contribution in [0.3, 0.4) is 0 Å². The van der Waals surface area contributed by atoms with Gasteiger partial charge in [0, 0.05) is 37.6 Å². The molecule has 2 heterocycles. The first-order valence-corrected chi connectivity index (χ1v) is 6.12. The molecule has 1 atom stereocenters. The molecule has 6 heteroatoms. The minimum Gasteiger partial charge on any atom is -0.378 e. The molecule has 0 radical (unpaired) electrons. The number of carbonyl (C=O) groups is 1. The van der Waals surface area contributed by atoms with E-state index >= 15 is 0 Å². The van der Waals surface area contributed by atoms with E-state index < -0.39 is 0 Å². The topological polar surface area (TPSA) is 55.6 Å². The van der Waals surface area contributed by atoms with E-state index in [1.165, 1.54) is 11.3 Å². The van der Waals surface area contributed by atoms with E-state index in [-0.39, 0.29) is 11.9 Å². The van der Waals surface area contributed by atoms with Crippen LogP contribution in [0, 0.1) is 0 Å². The average Bonchev–Trinajstić information content (AvgIpc) is 2.66. The lowest BCUT2D eigenvalue weighted by Crippen LogP contribution is -2.42. The Labute approximate surface area is 97.8 Å². The summed E-state index contributed by atoms with van der Waals surface area (Å²) in [7, 11) is 1.88. The molecule has 0 aliphatic carbocycles. The van der Waals surface area contributed by atoms with Crippen LogP contribution in [-0.4, -0.2) is 36.3 Å². The molecule has 1 aromatic rings. The molecular formula is C10H15N3O2S. The Morgan fingerprint density at radius 2 is 2.69 bits per heavy atom. The van der Waals surface area contributed by atoms with Gasteiger partial charge in [0.15, 0.2) is 4.80 Å². The maximum atomic E-state index is 11.7. The van der Waals surface area contributed by atoms with Crippen LogP contribution >= 0.6 is 11.3 Å². The van der Waals surface area contributed by atoms with Gasteiger partial charge >= 0.3 is 0 Å². The average molecular weight is 241 g/mol. The van der Waals surface area contributed by atoms with Crippen LogP contribution in [0.4, 0.5) is 0 Å². The lowest BCUT2D eigenvalue weighted by molar-refractivity contribution is -0.119. The molecule has 2 rings (SSSR count). The molecule has 0 aromatic carbocycles.